The van der Waals surface area contributed by atoms with Crippen molar-refractivity contribution in [3.05, 3.63) is 0 Å². The molecule has 2 unspecified atom stereocenters. The smallest absolute Gasteiger partial charge is 0.248 e. The summed E-state index contributed by atoms with van der Waals surface area (Å²) < 4.78 is 5.45. The van der Waals surface area contributed by atoms with Gasteiger partial charge in [0, 0.05) is 12.6 Å². The highest BCUT2D eigenvalue weighted by molar-refractivity contribution is 5.78. The zero-order valence-electron chi connectivity index (χ0n) is 11.2. The maximum absolute atomic E-state index is 12.2. The standard InChI is InChI=1S/C14H25NO2/c1-11(2)17-10-14(16)15-9-5-7-12-6-3-4-8-13(12)15/h11-13H,3-10H2,1-2H3. The number of fused-ring (bicyclic) bond motifs is 1. The number of amides is 1. The molecule has 1 saturated heterocycles. The van der Waals surface area contributed by atoms with Gasteiger partial charge in [0.05, 0.1) is 6.10 Å². The number of carbonyl (C=O) groups is 1. The number of nitrogens with zero attached hydrogens (tertiary/aromatic N) is 1. The zero-order valence-corrected chi connectivity index (χ0v) is 11.2. The molecule has 98 valence electrons. The average molecular weight is 239 g/mol. The second-order valence-corrected chi connectivity index (χ2v) is 5.70. The number of carbonyl (C=O) groups excluding carboxylic acids is 1. The molecule has 2 fully saturated rings. The minimum Gasteiger partial charge on any atom is -0.369 e. The number of rotatable bonds is 3. The first-order valence-electron chi connectivity index (χ1n) is 7.09. The average Bonchev–Trinajstić information content (AvgIpc) is 2.35. The summed E-state index contributed by atoms with van der Waals surface area (Å²) in [6.07, 6.45) is 7.80. The SMILES string of the molecule is CC(C)OCC(=O)N1CCCC2CCCCC21. The van der Waals surface area contributed by atoms with Crippen LogP contribution in [-0.2, 0) is 9.53 Å². The molecule has 1 heterocycles. The summed E-state index contributed by atoms with van der Waals surface area (Å²) in [6, 6.07) is 0.515. The van der Waals surface area contributed by atoms with Crippen LogP contribution in [0.25, 0.3) is 0 Å². The van der Waals surface area contributed by atoms with Crippen molar-refractivity contribution in [2.24, 2.45) is 5.92 Å². The van der Waals surface area contributed by atoms with Crippen LogP contribution in [0.3, 0.4) is 0 Å². The lowest BCUT2D eigenvalue weighted by molar-refractivity contribution is -0.144. The van der Waals surface area contributed by atoms with Gasteiger partial charge in [-0.2, -0.15) is 0 Å². The van der Waals surface area contributed by atoms with Crippen LogP contribution in [0.5, 0.6) is 0 Å². The molecular formula is C14H25NO2. The van der Waals surface area contributed by atoms with Crippen LogP contribution in [-0.4, -0.2) is 36.1 Å². The van der Waals surface area contributed by atoms with Crippen molar-refractivity contribution in [3.63, 3.8) is 0 Å². The Kier molecular flexibility index (Phi) is 4.43. The van der Waals surface area contributed by atoms with Crippen LogP contribution in [0, 0.1) is 5.92 Å². The molecule has 0 aromatic carbocycles. The van der Waals surface area contributed by atoms with E-state index in [1.165, 1.54) is 38.5 Å². The molecule has 2 atom stereocenters. The summed E-state index contributed by atoms with van der Waals surface area (Å²) in [6.45, 7) is 5.17. The molecule has 3 heteroatoms. The third kappa shape index (κ3) is 3.21. The van der Waals surface area contributed by atoms with E-state index in [1.54, 1.807) is 0 Å². The first kappa shape index (κ1) is 12.9. The van der Waals surface area contributed by atoms with Gasteiger partial charge in [-0.1, -0.05) is 12.8 Å². The van der Waals surface area contributed by atoms with Gasteiger partial charge >= 0.3 is 0 Å². The first-order chi connectivity index (χ1) is 8.18. The molecule has 0 N–H and O–H groups in total. The zero-order chi connectivity index (χ0) is 12.3. The molecule has 1 aliphatic carbocycles. The predicted octanol–water partition coefficient (Wildman–Crippen LogP) is 2.59. The van der Waals surface area contributed by atoms with Gasteiger partial charge < -0.3 is 9.64 Å². The molecule has 0 bridgehead atoms. The highest BCUT2D eigenvalue weighted by atomic mass is 16.5. The predicted molar refractivity (Wildman–Crippen MR) is 67.8 cm³/mol. The van der Waals surface area contributed by atoms with Gasteiger partial charge in [-0.05, 0) is 45.4 Å². The molecular weight excluding hydrogens is 214 g/mol. The minimum absolute atomic E-state index is 0.144. The van der Waals surface area contributed by atoms with E-state index in [0.29, 0.717) is 6.04 Å². The summed E-state index contributed by atoms with van der Waals surface area (Å²) in [4.78, 5) is 14.3. The number of likely N-dealkylation sites (tertiary alicyclic amines) is 1. The topological polar surface area (TPSA) is 29.5 Å². The van der Waals surface area contributed by atoms with Gasteiger partial charge in [-0.15, -0.1) is 0 Å². The number of hydrogen-bond donors (Lipinski definition) is 0. The van der Waals surface area contributed by atoms with E-state index in [1.807, 2.05) is 13.8 Å². The van der Waals surface area contributed by atoms with Gasteiger partial charge in [0.1, 0.15) is 6.61 Å². The summed E-state index contributed by atoms with van der Waals surface area (Å²) in [5, 5.41) is 0. The minimum atomic E-state index is 0.144. The Morgan fingerprint density at radius 2 is 1.94 bits per heavy atom. The molecule has 1 amide bonds. The van der Waals surface area contributed by atoms with Crippen molar-refractivity contribution < 1.29 is 9.53 Å². The van der Waals surface area contributed by atoms with Crippen LogP contribution in [0.4, 0.5) is 0 Å². The lowest BCUT2D eigenvalue weighted by Crippen LogP contribution is -2.50. The summed E-state index contributed by atoms with van der Waals surface area (Å²) >= 11 is 0. The van der Waals surface area contributed by atoms with Crippen molar-refractivity contribution in [2.75, 3.05) is 13.2 Å². The Morgan fingerprint density at radius 3 is 2.71 bits per heavy atom. The third-order valence-corrected chi connectivity index (χ3v) is 4.10. The Labute approximate surface area is 105 Å². The third-order valence-electron chi connectivity index (χ3n) is 4.10. The van der Waals surface area contributed by atoms with E-state index >= 15 is 0 Å². The van der Waals surface area contributed by atoms with Crippen LogP contribution >= 0.6 is 0 Å². The molecule has 3 nitrogen and oxygen atoms in total. The Hall–Kier alpha value is -0.570. The lowest BCUT2D eigenvalue weighted by Gasteiger charge is -2.44. The van der Waals surface area contributed by atoms with Crippen LogP contribution in [0.1, 0.15) is 52.4 Å². The van der Waals surface area contributed by atoms with Crippen molar-refractivity contribution >= 4 is 5.91 Å². The number of hydrogen-bond acceptors (Lipinski definition) is 2. The number of ether oxygens (including phenoxy) is 1. The Balaban J connectivity index is 1.91. The highest BCUT2D eigenvalue weighted by Crippen LogP contribution is 2.35. The number of piperidine rings is 1. The van der Waals surface area contributed by atoms with Gasteiger partial charge in [-0.25, -0.2) is 0 Å². The first-order valence-corrected chi connectivity index (χ1v) is 7.09. The largest absolute Gasteiger partial charge is 0.369 e. The van der Waals surface area contributed by atoms with Crippen LogP contribution in [0.2, 0.25) is 0 Å². The fraction of sp³-hybridized carbons (Fsp3) is 0.929. The van der Waals surface area contributed by atoms with E-state index in [0.717, 1.165) is 12.5 Å². The normalized spacial score (nSPS) is 29.2. The van der Waals surface area contributed by atoms with Gasteiger partial charge in [-0.3, -0.25) is 4.79 Å². The van der Waals surface area contributed by atoms with E-state index < -0.39 is 0 Å². The Morgan fingerprint density at radius 1 is 1.24 bits per heavy atom. The van der Waals surface area contributed by atoms with Crippen molar-refractivity contribution in [2.45, 2.75) is 64.5 Å². The summed E-state index contributed by atoms with van der Waals surface area (Å²) in [5.74, 6) is 0.968. The molecule has 1 aliphatic heterocycles. The molecule has 0 spiro atoms. The van der Waals surface area contributed by atoms with Crippen molar-refractivity contribution in [1.29, 1.82) is 0 Å². The van der Waals surface area contributed by atoms with Gasteiger partial charge in [0.15, 0.2) is 0 Å². The monoisotopic (exact) mass is 239 g/mol. The van der Waals surface area contributed by atoms with E-state index in [9.17, 15) is 4.79 Å². The van der Waals surface area contributed by atoms with Gasteiger partial charge in [0.25, 0.3) is 0 Å². The molecule has 2 aliphatic rings. The molecule has 0 aromatic rings. The fourth-order valence-corrected chi connectivity index (χ4v) is 3.26. The fourth-order valence-electron chi connectivity index (χ4n) is 3.26. The molecule has 1 saturated carbocycles. The van der Waals surface area contributed by atoms with Crippen molar-refractivity contribution in [3.8, 4) is 0 Å². The lowest BCUT2D eigenvalue weighted by atomic mass is 9.78. The molecule has 0 aromatic heterocycles. The highest BCUT2D eigenvalue weighted by Gasteiger charge is 2.35. The van der Waals surface area contributed by atoms with E-state index in [4.69, 9.17) is 4.74 Å². The van der Waals surface area contributed by atoms with Crippen LogP contribution in [0.15, 0.2) is 0 Å². The van der Waals surface area contributed by atoms with Crippen LogP contribution < -0.4 is 0 Å². The van der Waals surface area contributed by atoms with E-state index in [2.05, 4.69) is 4.90 Å². The second kappa shape index (κ2) is 5.85. The maximum atomic E-state index is 12.2. The van der Waals surface area contributed by atoms with Crippen molar-refractivity contribution in [1.82, 2.24) is 4.90 Å². The molecule has 0 radical (unpaired) electrons. The summed E-state index contributed by atoms with van der Waals surface area (Å²) in [5.41, 5.74) is 0. The quantitative estimate of drug-likeness (QED) is 0.757. The van der Waals surface area contributed by atoms with Gasteiger partial charge in [0.2, 0.25) is 5.91 Å². The second-order valence-electron chi connectivity index (χ2n) is 5.70. The summed E-state index contributed by atoms with van der Waals surface area (Å²) in [7, 11) is 0. The Bertz CT molecular complexity index is 263. The molecule has 17 heavy (non-hydrogen) atoms. The molecule has 2 rings (SSSR count). The van der Waals surface area contributed by atoms with E-state index in [-0.39, 0.29) is 18.6 Å². The maximum Gasteiger partial charge on any atom is 0.248 e.